The standard InChI is InChI=1S/C17H16N2O2/c20-15-7-1-4-11-19(15)14-12-17(8-2-3-9-17)21-16-13(14)6-5-10-18-16/h1,4-7,10-12H,2-3,8-9H2. The number of hydrogen-bond donors (Lipinski definition) is 0. The fraction of sp³-hybridized carbons (Fsp3) is 0.294. The van der Waals surface area contributed by atoms with Gasteiger partial charge in [0.1, 0.15) is 5.60 Å². The molecule has 4 nitrogen and oxygen atoms in total. The monoisotopic (exact) mass is 280 g/mol. The van der Waals surface area contributed by atoms with Crippen LogP contribution in [0.3, 0.4) is 0 Å². The Bertz CT molecular complexity index is 770. The van der Waals surface area contributed by atoms with E-state index in [-0.39, 0.29) is 11.2 Å². The lowest BCUT2D eigenvalue weighted by Gasteiger charge is -2.33. The van der Waals surface area contributed by atoms with Gasteiger partial charge >= 0.3 is 0 Å². The van der Waals surface area contributed by atoms with Crippen molar-refractivity contribution in [2.75, 3.05) is 0 Å². The van der Waals surface area contributed by atoms with Crippen LogP contribution in [-0.4, -0.2) is 15.2 Å². The number of rotatable bonds is 1. The van der Waals surface area contributed by atoms with E-state index in [1.807, 2.05) is 18.2 Å². The van der Waals surface area contributed by atoms with Crippen molar-refractivity contribution in [3.63, 3.8) is 0 Å². The molecular formula is C17H16N2O2. The van der Waals surface area contributed by atoms with Gasteiger partial charge in [-0.05, 0) is 50.0 Å². The van der Waals surface area contributed by atoms with E-state index < -0.39 is 0 Å². The van der Waals surface area contributed by atoms with Crippen molar-refractivity contribution in [2.24, 2.45) is 0 Å². The van der Waals surface area contributed by atoms with E-state index in [4.69, 9.17) is 4.74 Å². The van der Waals surface area contributed by atoms with E-state index in [0.29, 0.717) is 5.88 Å². The van der Waals surface area contributed by atoms with Crippen LogP contribution < -0.4 is 10.3 Å². The van der Waals surface area contributed by atoms with Crippen LogP contribution >= 0.6 is 0 Å². The van der Waals surface area contributed by atoms with E-state index in [1.54, 1.807) is 29.1 Å². The summed E-state index contributed by atoms with van der Waals surface area (Å²) in [5, 5.41) is 0. The lowest BCUT2D eigenvalue weighted by atomic mass is 9.95. The first kappa shape index (κ1) is 12.4. The first-order chi connectivity index (χ1) is 10.3. The van der Waals surface area contributed by atoms with Crippen LogP contribution in [0.25, 0.3) is 5.70 Å². The van der Waals surface area contributed by atoms with Crippen LogP contribution in [-0.2, 0) is 0 Å². The van der Waals surface area contributed by atoms with Gasteiger partial charge in [-0.25, -0.2) is 4.98 Å². The first-order valence-electron chi connectivity index (χ1n) is 7.33. The molecule has 0 saturated heterocycles. The second-order valence-electron chi connectivity index (χ2n) is 5.67. The molecule has 3 heterocycles. The van der Waals surface area contributed by atoms with Gasteiger partial charge in [-0.2, -0.15) is 0 Å². The summed E-state index contributed by atoms with van der Waals surface area (Å²) in [7, 11) is 0. The zero-order chi connectivity index (χ0) is 14.3. The van der Waals surface area contributed by atoms with Crippen molar-refractivity contribution in [1.29, 1.82) is 0 Å². The van der Waals surface area contributed by atoms with Gasteiger partial charge in [0.25, 0.3) is 5.56 Å². The molecule has 0 bridgehead atoms. The van der Waals surface area contributed by atoms with Crippen molar-refractivity contribution >= 4 is 5.70 Å². The molecule has 2 aromatic rings. The zero-order valence-electron chi connectivity index (χ0n) is 11.7. The van der Waals surface area contributed by atoms with Crippen LogP contribution in [0.5, 0.6) is 5.88 Å². The van der Waals surface area contributed by atoms with Gasteiger partial charge in [0.2, 0.25) is 5.88 Å². The molecule has 0 radical (unpaired) electrons. The Labute approximate surface area is 122 Å². The molecule has 4 heteroatoms. The minimum absolute atomic E-state index is 0.0337. The summed E-state index contributed by atoms with van der Waals surface area (Å²) >= 11 is 0. The summed E-state index contributed by atoms with van der Waals surface area (Å²) in [4.78, 5) is 16.6. The Morgan fingerprint density at radius 2 is 2.00 bits per heavy atom. The van der Waals surface area contributed by atoms with Crippen molar-refractivity contribution in [3.05, 3.63) is 64.7 Å². The Hall–Kier alpha value is -2.36. The fourth-order valence-electron chi connectivity index (χ4n) is 3.26. The van der Waals surface area contributed by atoms with Crippen LogP contribution in [0.1, 0.15) is 31.2 Å². The normalized spacial score (nSPS) is 19.0. The molecular weight excluding hydrogens is 264 g/mol. The number of nitrogens with zero attached hydrogens (tertiary/aromatic N) is 2. The van der Waals surface area contributed by atoms with Gasteiger partial charge in [0, 0.05) is 18.5 Å². The number of ether oxygens (including phenoxy) is 1. The minimum Gasteiger partial charge on any atom is -0.466 e. The lowest BCUT2D eigenvalue weighted by molar-refractivity contribution is 0.117. The molecule has 1 fully saturated rings. The Kier molecular flexibility index (Phi) is 2.70. The molecule has 2 aliphatic rings. The molecule has 2 aromatic heterocycles. The second kappa shape index (κ2) is 4.58. The van der Waals surface area contributed by atoms with Crippen LogP contribution in [0.2, 0.25) is 0 Å². The summed E-state index contributed by atoms with van der Waals surface area (Å²) in [6.07, 6.45) is 9.91. The molecule has 1 saturated carbocycles. The second-order valence-corrected chi connectivity index (χ2v) is 5.67. The summed E-state index contributed by atoms with van der Waals surface area (Å²) < 4.78 is 7.85. The highest BCUT2D eigenvalue weighted by Gasteiger charge is 2.39. The molecule has 1 aliphatic heterocycles. The Balaban J connectivity index is 1.95. The molecule has 106 valence electrons. The van der Waals surface area contributed by atoms with Gasteiger partial charge in [0.05, 0.1) is 11.3 Å². The topological polar surface area (TPSA) is 44.1 Å². The average Bonchev–Trinajstić information content (AvgIpc) is 2.95. The third kappa shape index (κ3) is 1.98. The number of fused-ring (bicyclic) bond motifs is 1. The molecule has 0 aromatic carbocycles. The number of pyridine rings is 2. The summed E-state index contributed by atoms with van der Waals surface area (Å²) in [5.74, 6) is 0.632. The molecule has 0 amide bonds. The van der Waals surface area contributed by atoms with Crippen LogP contribution in [0, 0.1) is 0 Å². The van der Waals surface area contributed by atoms with Gasteiger partial charge in [0.15, 0.2) is 0 Å². The maximum Gasteiger partial charge on any atom is 0.255 e. The summed E-state index contributed by atoms with van der Waals surface area (Å²) in [6, 6.07) is 9.03. The highest BCUT2D eigenvalue weighted by atomic mass is 16.5. The Morgan fingerprint density at radius 1 is 1.14 bits per heavy atom. The molecule has 0 unspecified atom stereocenters. The van der Waals surface area contributed by atoms with Gasteiger partial charge in [-0.1, -0.05) is 6.07 Å². The van der Waals surface area contributed by atoms with Gasteiger partial charge < -0.3 is 4.74 Å². The molecule has 1 spiro atoms. The third-order valence-electron chi connectivity index (χ3n) is 4.28. The quantitative estimate of drug-likeness (QED) is 0.807. The zero-order valence-corrected chi connectivity index (χ0v) is 11.7. The van der Waals surface area contributed by atoms with Crippen molar-refractivity contribution in [3.8, 4) is 5.88 Å². The molecule has 0 N–H and O–H groups in total. The highest BCUT2D eigenvalue weighted by Crippen LogP contribution is 2.42. The van der Waals surface area contributed by atoms with Crippen LogP contribution in [0.15, 0.2) is 53.6 Å². The number of hydrogen-bond acceptors (Lipinski definition) is 3. The smallest absolute Gasteiger partial charge is 0.255 e. The van der Waals surface area contributed by atoms with Crippen molar-refractivity contribution in [1.82, 2.24) is 9.55 Å². The summed E-state index contributed by atoms with van der Waals surface area (Å²) in [6.45, 7) is 0. The molecule has 0 atom stereocenters. The van der Waals surface area contributed by atoms with Crippen molar-refractivity contribution in [2.45, 2.75) is 31.3 Å². The lowest BCUT2D eigenvalue weighted by Crippen LogP contribution is -2.35. The fourth-order valence-corrected chi connectivity index (χ4v) is 3.26. The largest absolute Gasteiger partial charge is 0.466 e. The maximum atomic E-state index is 12.2. The van der Waals surface area contributed by atoms with Crippen LogP contribution in [0.4, 0.5) is 0 Å². The molecule has 4 rings (SSSR count). The average molecular weight is 280 g/mol. The highest BCUT2D eigenvalue weighted by molar-refractivity contribution is 5.72. The van der Waals surface area contributed by atoms with Crippen molar-refractivity contribution < 1.29 is 4.74 Å². The summed E-state index contributed by atoms with van der Waals surface area (Å²) in [5.41, 5.74) is 1.43. The van der Waals surface area contributed by atoms with Gasteiger partial charge in [-0.3, -0.25) is 9.36 Å². The third-order valence-corrected chi connectivity index (χ3v) is 4.28. The molecule has 21 heavy (non-hydrogen) atoms. The van der Waals surface area contributed by atoms with E-state index in [1.165, 1.54) is 0 Å². The van der Waals surface area contributed by atoms with E-state index in [0.717, 1.165) is 36.9 Å². The first-order valence-corrected chi connectivity index (χ1v) is 7.33. The predicted molar refractivity (Wildman–Crippen MR) is 80.1 cm³/mol. The van der Waals surface area contributed by atoms with E-state index in [9.17, 15) is 4.79 Å². The van der Waals surface area contributed by atoms with Gasteiger partial charge in [-0.15, -0.1) is 0 Å². The SMILES string of the molecule is O=c1ccccn1C1=CC2(CCCC2)Oc2ncccc21. The number of aromatic nitrogens is 2. The van der Waals surface area contributed by atoms with E-state index in [2.05, 4.69) is 11.1 Å². The molecule has 1 aliphatic carbocycles. The minimum atomic E-state index is -0.300. The Morgan fingerprint density at radius 3 is 2.81 bits per heavy atom. The van der Waals surface area contributed by atoms with E-state index >= 15 is 0 Å². The predicted octanol–water partition coefficient (Wildman–Crippen LogP) is 2.84. The maximum absolute atomic E-state index is 12.2.